The Morgan fingerprint density at radius 1 is 1.22 bits per heavy atom. The molecule has 0 aliphatic heterocycles. The van der Waals surface area contributed by atoms with Gasteiger partial charge in [-0.15, -0.1) is 16.8 Å². The highest BCUT2D eigenvalue weighted by molar-refractivity contribution is 5.70. The van der Waals surface area contributed by atoms with E-state index in [-0.39, 0.29) is 0 Å². The Kier molecular flexibility index (Phi) is 5.36. The van der Waals surface area contributed by atoms with E-state index in [4.69, 9.17) is 9.90 Å². The number of nitrogens with zero attached hydrogens (tertiary/aromatic N) is 3. The van der Waals surface area contributed by atoms with Crippen LogP contribution in [0.1, 0.15) is 57.1 Å². The van der Waals surface area contributed by atoms with Crippen LogP contribution in [0.4, 0.5) is 13.2 Å². The van der Waals surface area contributed by atoms with E-state index in [0.717, 1.165) is 36.5 Å². The smallest absolute Gasteiger partial charge is 0.430 e. The number of carboxylic acid groups (broad SMARTS) is 1. The maximum absolute atomic E-state index is 10.5. The first-order chi connectivity index (χ1) is 12.7. The van der Waals surface area contributed by atoms with E-state index < -0.39 is 12.1 Å². The van der Waals surface area contributed by atoms with Crippen molar-refractivity contribution in [1.29, 1.82) is 0 Å². The number of rotatable bonds is 4. The molecular weight excluding hydrogens is 359 g/mol. The van der Waals surface area contributed by atoms with Crippen molar-refractivity contribution in [2.75, 3.05) is 0 Å². The maximum Gasteiger partial charge on any atom is 0.430 e. The van der Waals surface area contributed by atoms with Crippen molar-refractivity contribution >= 4 is 5.97 Å². The van der Waals surface area contributed by atoms with Crippen LogP contribution in [0.15, 0.2) is 12.7 Å². The molecule has 0 spiro atoms. The van der Waals surface area contributed by atoms with Gasteiger partial charge in [-0.2, -0.15) is 13.2 Å². The fourth-order valence-corrected chi connectivity index (χ4v) is 5.69. The number of carboxylic acids is 1. The van der Waals surface area contributed by atoms with E-state index in [1.54, 1.807) is 0 Å². The summed E-state index contributed by atoms with van der Waals surface area (Å²) in [5.74, 6) is 2.29. The zero-order valence-electron chi connectivity index (χ0n) is 15.5. The topological polar surface area (TPSA) is 70.8 Å². The highest BCUT2D eigenvalue weighted by Gasteiger charge is 2.53. The molecule has 0 aromatic carbocycles. The lowest BCUT2D eigenvalue weighted by molar-refractivity contribution is -0.344. The third-order valence-electron chi connectivity index (χ3n) is 6.20. The monoisotopic (exact) mass is 384 g/mol. The normalized spacial score (nSPS) is 31.3. The minimum absolute atomic E-state index is 0.345. The van der Waals surface area contributed by atoms with Crippen molar-refractivity contribution in [2.24, 2.45) is 17.8 Å². The molecule has 1 heterocycles. The molecular formula is C19H25F3N3O2-. The quantitative estimate of drug-likeness (QED) is 0.749. The van der Waals surface area contributed by atoms with Gasteiger partial charge in [-0.3, -0.25) is 0 Å². The number of allylic oxidation sites excluding steroid dienone is 1. The molecule has 0 radical (unpaired) electrons. The summed E-state index contributed by atoms with van der Waals surface area (Å²) in [6.45, 7) is 6.96. The van der Waals surface area contributed by atoms with Gasteiger partial charge < -0.3 is 14.5 Å². The predicted octanol–water partition coefficient (Wildman–Crippen LogP) is 2.79. The summed E-state index contributed by atoms with van der Waals surface area (Å²) < 4.78 is 33.9. The Morgan fingerprint density at radius 2 is 1.70 bits per heavy atom. The number of hydrogen-bond acceptors (Lipinski definition) is 4. The van der Waals surface area contributed by atoms with Gasteiger partial charge in [0, 0.05) is 18.4 Å². The van der Waals surface area contributed by atoms with Gasteiger partial charge in [-0.25, -0.2) is 0 Å². The van der Waals surface area contributed by atoms with Crippen molar-refractivity contribution < 1.29 is 23.1 Å². The minimum Gasteiger partial charge on any atom is -0.542 e. The minimum atomic E-state index is -5.19. The molecule has 27 heavy (non-hydrogen) atoms. The molecule has 4 aliphatic rings. The molecule has 0 unspecified atom stereocenters. The van der Waals surface area contributed by atoms with E-state index in [1.165, 1.54) is 44.3 Å². The number of halogens is 3. The molecule has 0 atom stereocenters. The fraction of sp³-hybridized carbons (Fsp3) is 0.737. The summed E-state index contributed by atoms with van der Waals surface area (Å²) in [4.78, 5) is 8.78. The van der Waals surface area contributed by atoms with Crippen molar-refractivity contribution in [1.82, 2.24) is 14.8 Å². The maximum atomic E-state index is 10.5. The lowest BCUT2D eigenvalue weighted by Crippen LogP contribution is -2.49. The molecule has 4 bridgehead atoms. The Hall–Kier alpha value is -1.86. The van der Waals surface area contributed by atoms with E-state index in [2.05, 4.69) is 28.3 Å². The third-order valence-corrected chi connectivity index (χ3v) is 6.20. The molecule has 5 nitrogen and oxygen atoms in total. The average Bonchev–Trinajstić information content (AvgIpc) is 2.97. The summed E-state index contributed by atoms with van der Waals surface area (Å²) in [7, 11) is 0. The number of carbonyl (C=O) groups is 1. The standard InChI is InChI=1S/C17H25N3.C2HF3O2/c1-3-5-20-15(4-2)18-19-16(20)17-9-12-6-13(10-17)8-14(7-12)11-17;3-2(4,5)1(6)7/h3,12-14H,1,4-11H2,2H3;(H,6,7)/p-1. The van der Waals surface area contributed by atoms with Crippen LogP contribution in [0.3, 0.4) is 0 Å². The van der Waals surface area contributed by atoms with E-state index in [0.29, 0.717) is 5.41 Å². The SMILES string of the molecule is C=CCn1c(CC)nnc1C12CC3CC(CC(C3)C1)C2.O=C([O-])C(F)(F)F. The second-order valence-electron chi connectivity index (χ2n) is 8.18. The first kappa shape index (κ1) is 19.9. The molecule has 0 N–H and O–H groups in total. The Balaban J connectivity index is 0.000000260. The number of aryl methyl sites for hydroxylation is 1. The summed E-state index contributed by atoms with van der Waals surface area (Å²) in [5.41, 5.74) is 0.345. The van der Waals surface area contributed by atoms with Crippen molar-refractivity contribution in [3.05, 3.63) is 24.3 Å². The number of aromatic nitrogens is 3. The fourth-order valence-electron chi connectivity index (χ4n) is 5.69. The number of carbonyl (C=O) groups excluding carboxylic acids is 1. The number of hydrogen-bond donors (Lipinski definition) is 0. The van der Waals surface area contributed by atoms with Crippen LogP contribution in [-0.4, -0.2) is 26.9 Å². The van der Waals surface area contributed by atoms with Gasteiger partial charge in [-0.1, -0.05) is 13.0 Å². The van der Waals surface area contributed by atoms with Gasteiger partial charge in [0.05, 0.1) is 0 Å². The lowest BCUT2D eigenvalue weighted by atomic mass is 9.49. The van der Waals surface area contributed by atoms with E-state index in [1.807, 2.05) is 6.08 Å². The number of alkyl halides is 3. The van der Waals surface area contributed by atoms with Crippen LogP contribution < -0.4 is 5.11 Å². The lowest BCUT2D eigenvalue weighted by Gasteiger charge is -2.56. The first-order valence-corrected chi connectivity index (χ1v) is 9.50. The molecule has 4 saturated carbocycles. The molecule has 5 rings (SSSR count). The van der Waals surface area contributed by atoms with Crippen LogP contribution in [0, 0.1) is 17.8 Å². The average molecular weight is 384 g/mol. The zero-order valence-corrected chi connectivity index (χ0v) is 15.5. The van der Waals surface area contributed by atoms with Crippen LogP contribution >= 0.6 is 0 Å². The summed E-state index contributed by atoms with van der Waals surface area (Å²) >= 11 is 0. The van der Waals surface area contributed by atoms with Crippen LogP contribution in [0.2, 0.25) is 0 Å². The van der Waals surface area contributed by atoms with Gasteiger partial charge in [0.2, 0.25) is 0 Å². The highest BCUT2D eigenvalue weighted by Crippen LogP contribution is 2.60. The highest BCUT2D eigenvalue weighted by atomic mass is 19.4. The molecule has 0 amide bonds. The molecule has 1 aromatic rings. The second-order valence-corrected chi connectivity index (χ2v) is 8.18. The summed E-state index contributed by atoms with van der Waals surface area (Å²) in [6.07, 6.45) is 6.29. The Labute approximate surface area is 156 Å². The van der Waals surface area contributed by atoms with Crippen LogP contribution in [0.5, 0.6) is 0 Å². The first-order valence-electron chi connectivity index (χ1n) is 9.50. The predicted molar refractivity (Wildman–Crippen MR) is 90.5 cm³/mol. The van der Waals surface area contributed by atoms with E-state index >= 15 is 0 Å². The molecule has 150 valence electrons. The molecule has 4 aliphatic carbocycles. The van der Waals surface area contributed by atoms with Gasteiger partial charge in [0.15, 0.2) is 0 Å². The largest absolute Gasteiger partial charge is 0.542 e. The molecule has 0 saturated heterocycles. The third kappa shape index (κ3) is 3.89. The summed E-state index contributed by atoms with van der Waals surface area (Å²) in [6, 6.07) is 0. The molecule has 1 aromatic heterocycles. The van der Waals surface area contributed by atoms with Crippen molar-refractivity contribution in [3.8, 4) is 0 Å². The van der Waals surface area contributed by atoms with Crippen LogP contribution in [0.25, 0.3) is 0 Å². The van der Waals surface area contributed by atoms with Crippen molar-refractivity contribution in [2.45, 2.75) is 70.0 Å². The second kappa shape index (κ2) is 7.28. The Morgan fingerprint density at radius 3 is 2.07 bits per heavy atom. The Bertz CT molecular complexity index is 676. The van der Waals surface area contributed by atoms with Gasteiger partial charge in [0.1, 0.15) is 17.6 Å². The van der Waals surface area contributed by atoms with Gasteiger partial charge in [0.25, 0.3) is 0 Å². The van der Waals surface area contributed by atoms with Gasteiger partial charge >= 0.3 is 6.18 Å². The van der Waals surface area contributed by atoms with Crippen LogP contribution in [-0.2, 0) is 23.2 Å². The molecule has 8 heteroatoms. The zero-order chi connectivity index (χ0) is 19.8. The van der Waals surface area contributed by atoms with Crippen molar-refractivity contribution in [3.63, 3.8) is 0 Å². The molecule has 4 fully saturated rings. The number of aliphatic carboxylic acids is 1. The van der Waals surface area contributed by atoms with E-state index in [9.17, 15) is 13.2 Å². The summed E-state index contributed by atoms with van der Waals surface area (Å²) in [5, 5.41) is 17.9. The van der Waals surface area contributed by atoms with Gasteiger partial charge in [-0.05, 0) is 56.3 Å².